The second-order valence-corrected chi connectivity index (χ2v) is 6.15. The third kappa shape index (κ3) is 3.57. The fourth-order valence-corrected chi connectivity index (χ4v) is 3.41. The SMILES string of the molecule is COCCN1C(=O)S/C(=C/c2cc(Cl)c(OC)c(Cl)c2)C1=O. The van der Waals surface area contributed by atoms with Gasteiger partial charge in [0, 0.05) is 7.11 Å². The summed E-state index contributed by atoms with van der Waals surface area (Å²) in [5.41, 5.74) is 0.619. The number of methoxy groups -OCH3 is 2. The molecule has 0 radical (unpaired) electrons. The average molecular weight is 362 g/mol. The molecule has 1 aliphatic heterocycles. The number of carbonyl (C=O) groups excluding carboxylic acids is 2. The molecule has 1 heterocycles. The van der Waals surface area contributed by atoms with Gasteiger partial charge in [-0.25, -0.2) is 0 Å². The third-order valence-corrected chi connectivity index (χ3v) is 4.38. The summed E-state index contributed by atoms with van der Waals surface area (Å²) in [5, 5.41) is 0.346. The number of imide groups is 1. The van der Waals surface area contributed by atoms with E-state index in [1.54, 1.807) is 18.2 Å². The maximum Gasteiger partial charge on any atom is 0.293 e. The summed E-state index contributed by atoms with van der Waals surface area (Å²) in [5.74, 6) is 0.0174. The number of thioether (sulfide) groups is 1. The highest BCUT2D eigenvalue weighted by molar-refractivity contribution is 8.18. The van der Waals surface area contributed by atoms with Crippen LogP contribution in [0.25, 0.3) is 6.08 Å². The van der Waals surface area contributed by atoms with Gasteiger partial charge in [0.2, 0.25) is 0 Å². The molecule has 1 aliphatic rings. The Morgan fingerprint density at radius 1 is 1.23 bits per heavy atom. The van der Waals surface area contributed by atoms with Crippen molar-refractivity contribution in [2.24, 2.45) is 0 Å². The molecule has 118 valence electrons. The first kappa shape index (κ1) is 17.1. The van der Waals surface area contributed by atoms with Crippen molar-refractivity contribution in [3.05, 3.63) is 32.6 Å². The van der Waals surface area contributed by atoms with E-state index in [9.17, 15) is 9.59 Å². The van der Waals surface area contributed by atoms with Crippen LogP contribution >= 0.6 is 35.0 Å². The van der Waals surface area contributed by atoms with Crippen LogP contribution in [-0.2, 0) is 9.53 Å². The van der Waals surface area contributed by atoms with Gasteiger partial charge in [0.25, 0.3) is 11.1 Å². The van der Waals surface area contributed by atoms with E-state index in [4.69, 9.17) is 32.7 Å². The number of amides is 2. The van der Waals surface area contributed by atoms with Gasteiger partial charge in [-0.3, -0.25) is 14.5 Å². The molecule has 0 N–H and O–H groups in total. The minimum atomic E-state index is -0.352. The van der Waals surface area contributed by atoms with Crippen LogP contribution in [0.1, 0.15) is 5.56 Å². The summed E-state index contributed by atoms with van der Waals surface area (Å²) in [7, 11) is 2.98. The molecule has 1 aromatic carbocycles. The summed E-state index contributed by atoms with van der Waals surface area (Å²) in [6.45, 7) is 0.522. The molecule has 1 fully saturated rings. The quantitative estimate of drug-likeness (QED) is 0.748. The second kappa shape index (κ2) is 7.37. The van der Waals surface area contributed by atoms with Gasteiger partial charge in [-0.05, 0) is 35.5 Å². The van der Waals surface area contributed by atoms with Crippen molar-refractivity contribution in [1.29, 1.82) is 0 Å². The van der Waals surface area contributed by atoms with E-state index >= 15 is 0 Å². The predicted octanol–water partition coefficient (Wildman–Crippen LogP) is 3.68. The van der Waals surface area contributed by atoms with E-state index in [0.29, 0.717) is 32.9 Å². The largest absolute Gasteiger partial charge is 0.494 e. The lowest BCUT2D eigenvalue weighted by atomic mass is 10.2. The minimum Gasteiger partial charge on any atom is -0.494 e. The molecular weight excluding hydrogens is 349 g/mol. The van der Waals surface area contributed by atoms with E-state index in [1.807, 2.05) is 0 Å². The van der Waals surface area contributed by atoms with Crippen LogP contribution < -0.4 is 4.74 Å². The smallest absolute Gasteiger partial charge is 0.293 e. The molecule has 0 aromatic heterocycles. The molecule has 0 unspecified atom stereocenters. The minimum absolute atomic E-state index is 0.225. The van der Waals surface area contributed by atoms with Crippen LogP contribution in [0.2, 0.25) is 10.0 Å². The Labute approximate surface area is 142 Å². The maximum atomic E-state index is 12.2. The van der Waals surface area contributed by atoms with Gasteiger partial charge >= 0.3 is 0 Å². The maximum absolute atomic E-state index is 12.2. The number of nitrogens with zero attached hydrogens (tertiary/aromatic N) is 1. The molecule has 2 amide bonds. The zero-order valence-electron chi connectivity index (χ0n) is 11.9. The molecule has 5 nitrogen and oxygen atoms in total. The van der Waals surface area contributed by atoms with Crippen molar-refractivity contribution in [1.82, 2.24) is 4.90 Å². The number of halogens is 2. The van der Waals surface area contributed by atoms with E-state index < -0.39 is 0 Å². The van der Waals surface area contributed by atoms with Crippen molar-refractivity contribution < 1.29 is 19.1 Å². The van der Waals surface area contributed by atoms with Gasteiger partial charge in [0.15, 0.2) is 5.75 Å². The monoisotopic (exact) mass is 361 g/mol. The highest BCUT2D eigenvalue weighted by Gasteiger charge is 2.34. The molecule has 0 bridgehead atoms. The normalized spacial score (nSPS) is 16.7. The number of carbonyl (C=O) groups is 2. The standard InChI is InChI=1S/C14H13Cl2NO4S/c1-20-4-3-17-13(18)11(22-14(17)19)7-8-5-9(15)12(21-2)10(16)6-8/h5-7H,3-4H2,1-2H3/b11-7+. The van der Waals surface area contributed by atoms with Gasteiger partial charge in [-0.15, -0.1) is 0 Å². The molecule has 2 rings (SSSR count). The first-order valence-corrected chi connectivity index (χ1v) is 7.82. The number of benzene rings is 1. The van der Waals surface area contributed by atoms with Crippen LogP contribution in [0.3, 0.4) is 0 Å². The van der Waals surface area contributed by atoms with Crippen LogP contribution in [0, 0.1) is 0 Å². The number of rotatable bonds is 5. The number of ether oxygens (including phenoxy) is 2. The van der Waals surface area contributed by atoms with Crippen LogP contribution in [-0.4, -0.2) is 43.4 Å². The summed E-state index contributed by atoms with van der Waals surface area (Å²) in [6, 6.07) is 3.24. The third-order valence-electron chi connectivity index (χ3n) is 2.92. The zero-order valence-corrected chi connectivity index (χ0v) is 14.2. The highest BCUT2D eigenvalue weighted by Crippen LogP contribution is 2.37. The van der Waals surface area contributed by atoms with Crippen molar-refractivity contribution >= 4 is 52.2 Å². The summed E-state index contributed by atoms with van der Waals surface area (Å²) in [6.07, 6.45) is 1.58. The van der Waals surface area contributed by atoms with Crippen molar-refractivity contribution in [2.75, 3.05) is 27.4 Å². The van der Waals surface area contributed by atoms with E-state index in [0.717, 1.165) is 16.7 Å². The molecule has 0 aliphatic carbocycles. The fraction of sp³-hybridized carbons (Fsp3) is 0.286. The van der Waals surface area contributed by atoms with Crippen LogP contribution in [0.4, 0.5) is 4.79 Å². The second-order valence-electron chi connectivity index (χ2n) is 4.34. The highest BCUT2D eigenvalue weighted by atomic mass is 35.5. The topological polar surface area (TPSA) is 55.8 Å². The van der Waals surface area contributed by atoms with Gasteiger partial charge in [0.05, 0.1) is 35.2 Å². The van der Waals surface area contributed by atoms with Crippen molar-refractivity contribution in [3.8, 4) is 5.75 Å². The lowest BCUT2D eigenvalue weighted by Gasteiger charge is -2.10. The zero-order chi connectivity index (χ0) is 16.3. The van der Waals surface area contributed by atoms with Gasteiger partial charge in [0.1, 0.15) is 0 Å². The summed E-state index contributed by atoms with van der Waals surface area (Å²) in [4.78, 5) is 25.5. The molecule has 0 saturated carbocycles. The molecular formula is C14H13Cl2NO4S. The summed E-state index contributed by atoms with van der Waals surface area (Å²) >= 11 is 13.0. The molecule has 1 aromatic rings. The van der Waals surface area contributed by atoms with Gasteiger partial charge in [-0.2, -0.15) is 0 Å². The Balaban J connectivity index is 2.27. The predicted molar refractivity (Wildman–Crippen MR) is 87.6 cm³/mol. The molecule has 0 atom stereocenters. The lowest BCUT2D eigenvalue weighted by molar-refractivity contribution is -0.123. The Morgan fingerprint density at radius 2 is 1.86 bits per heavy atom. The van der Waals surface area contributed by atoms with E-state index in [2.05, 4.69) is 0 Å². The Morgan fingerprint density at radius 3 is 2.41 bits per heavy atom. The van der Waals surface area contributed by atoms with E-state index in [-0.39, 0.29) is 17.7 Å². The van der Waals surface area contributed by atoms with E-state index in [1.165, 1.54) is 14.2 Å². The summed E-state index contributed by atoms with van der Waals surface area (Å²) < 4.78 is 9.95. The lowest BCUT2D eigenvalue weighted by Crippen LogP contribution is -2.31. The average Bonchev–Trinajstić information content (AvgIpc) is 2.71. The first-order chi connectivity index (χ1) is 10.5. The number of hydrogen-bond acceptors (Lipinski definition) is 5. The molecule has 22 heavy (non-hydrogen) atoms. The van der Waals surface area contributed by atoms with Crippen LogP contribution in [0.5, 0.6) is 5.75 Å². The van der Waals surface area contributed by atoms with Crippen LogP contribution in [0.15, 0.2) is 17.0 Å². The Kier molecular flexibility index (Phi) is 5.74. The molecule has 8 heteroatoms. The van der Waals surface area contributed by atoms with Crippen molar-refractivity contribution in [2.45, 2.75) is 0 Å². The fourth-order valence-electron chi connectivity index (χ4n) is 1.88. The van der Waals surface area contributed by atoms with Gasteiger partial charge < -0.3 is 9.47 Å². The molecule has 0 spiro atoms. The molecule has 1 saturated heterocycles. The first-order valence-electron chi connectivity index (χ1n) is 6.25. The van der Waals surface area contributed by atoms with Crippen molar-refractivity contribution in [3.63, 3.8) is 0 Å². The Hall–Kier alpha value is -1.21. The Bertz CT molecular complexity index is 625. The number of hydrogen-bond donors (Lipinski definition) is 0. The van der Waals surface area contributed by atoms with Gasteiger partial charge in [-0.1, -0.05) is 23.2 Å².